The summed E-state index contributed by atoms with van der Waals surface area (Å²) in [4.78, 5) is 23.7. The zero-order chi connectivity index (χ0) is 19.8. The molecule has 0 saturated carbocycles. The monoisotopic (exact) mass is 370 g/mol. The average molecular weight is 370 g/mol. The Morgan fingerprint density at radius 2 is 1.74 bits per heavy atom. The van der Waals surface area contributed by atoms with Gasteiger partial charge in [-0.05, 0) is 64.3 Å². The van der Waals surface area contributed by atoms with E-state index in [1.165, 1.54) is 11.1 Å². The van der Waals surface area contributed by atoms with E-state index in [9.17, 15) is 9.59 Å². The van der Waals surface area contributed by atoms with Gasteiger partial charge in [0.1, 0.15) is 24.4 Å². The number of amides is 2. The van der Waals surface area contributed by atoms with Gasteiger partial charge in [-0.15, -0.1) is 0 Å². The first-order chi connectivity index (χ1) is 12.8. The number of nitrogens with one attached hydrogen (secondary N) is 2. The molecule has 2 rings (SSSR count). The summed E-state index contributed by atoms with van der Waals surface area (Å²) in [6.45, 7) is 8.56. The summed E-state index contributed by atoms with van der Waals surface area (Å²) >= 11 is 0. The van der Waals surface area contributed by atoms with Crippen LogP contribution in [-0.2, 0) is 16.0 Å². The second kappa shape index (κ2) is 9.95. The standard InChI is InChI=1S/C22H30N2O3/c1-15(2)6-5-7-16(3)12-13-27-19-10-8-18(9-11-19)14-20-22(26)23-17(4)21(25)24-20/h6,8-12,17,20H,5,7,13-14H2,1-4H3,(H,23,26)(H,24,25)/b16-12+. The van der Waals surface area contributed by atoms with Gasteiger partial charge in [0.2, 0.25) is 11.8 Å². The number of hydrogen-bond acceptors (Lipinski definition) is 3. The molecule has 146 valence electrons. The lowest BCUT2D eigenvalue weighted by Gasteiger charge is -2.27. The van der Waals surface area contributed by atoms with Crippen LogP contribution in [0, 0.1) is 0 Å². The summed E-state index contributed by atoms with van der Waals surface area (Å²) in [5, 5.41) is 5.44. The van der Waals surface area contributed by atoms with Gasteiger partial charge < -0.3 is 15.4 Å². The van der Waals surface area contributed by atoms with Gasteiger partial charge in [0.15, 0.2) is 0 Å². The number of rotatable bonds is 8. The fraction of sp³-hybridized carbons (Fsp3) is 0.455. The fourth-order valence-corrected chi connectivity index (χ4v) is 2.81. The van der Waals surface area contributed by atoms with Gasteiger partial charge in [-0.2, -0.15) is 0 Å². The molecule has 2 unspecified atom stereocenters. The van der Waals surface area contributed by atoms with Crippen LogP contribution in [0.5, 0.6) is 5.75 Å². The Morgan fingerprint density at radius 3 is 2.41 bits per heavy atom. The first-order valence-electron chi connectivity index (χ1n) is 9.46. The Bertz CT molecular complexity index is 716. The third kappa shape index (κ3) is 6.93. The molecule has 1 fully saturated rings. The summed E-state index contributed by atoms with van der Waals surface area (Å²) in [6.07, 6.45) is 6.92. The lowest BCUT2D eigenvalue weighted by Crippen LogP contribution is -2.61. The average Bonchev–Trinajstić information content (AvgIpc) is 2.61. The fourth-order valence-electron chi connectivity index (χ4n) is 2.81. The van der Waals surface area contributed by atoms with Crippen molar-refractivity contribution in [3.63, 3.8) is 0 Å². The Labute approximate surface area is 161 Å². The first kappa shape index (κ1) is 20.7. The highest BCUT2D eigenvalue weighted by atomic mass is 16.5. The third-order valence-corrected chi connectivity index (χ3v) is 4.52. The van der Waals surface area contributed by atoms with Gasteiger partial charge in [0.05, 0.1) is 0 Å². The largest absolute Gasteiger partial charge is 0.490 e. The van der Waals surface area contributed by atoms with Crippen molar-refractivity contribution in [2.75, 3.05) is 6.61 Å². The van der Waals surface area contributed by atoms with Gasteiger partial charge in [-0.25, -0.2) is 0 Å². The van der Waals surface area contributed by atoms with Crippen LogP contribution in [0.2, 0.25) is 0 Å². The van der Waals surface area contributed by atoms with Gasteiger partial charge >= 0.3 is 0 Å². The molecule has 1 aromatic rings. The molecule has 5 nitrogen and oxygen atoms in total. The van der Waals surface area contributed by atoms with E-state index in [0.717, 1.165) is 24.2 Å². The van der Waals surface area contributed by atoms with Crippen LogP contribution in [0.1, 0.15) is 46.1 Å². The Balaban J connectivity index is 1.80. The van der Waals surface area contributed by atoms with E-state index in [1.807, 2.05) is 24.3 Å². The molecule has 0 bridgehead atoms. The first-order valence-corrected chi connectivity index (χ1v) is 9.46. The van der Waals surface area contributed by atoms with E-state index in [0.29, 0.717) is 13.0 Å². The Kier molecular flexibility index (Phi) is 7.65. The highest BCUT2D eigenvalue weighted by Crippen LogP contribution is 2.15. The SMILES string of the molecule is CC(C)=CCC/C(C)=C/COc1ccc(CC2NC(=O)C(C)NC2=O)cc1. The molecule has 2 amide bonds. The second-order valence-electron chi connectivity index (χ2n) is 7.32. The molecule has 0 spiro atoms. The Morgan fingerprint density at radius 1 is 1.04 bits per heavy atom. The molecule has 0 aromatic heterocycles. The van der Waals surface area contributed by atoms with Gasteiger partial charge in [-0.3, -0.25) is 9.59 Å². The zero-order valence-corrected chi connectivity index (χ0v) is 16.7. The number of benzene rings is 1. The van der Waals surface area contributed by atoms with E-state index in [4.69, 9.17) is 4.74 Å². The smallest absolute Gasteiger partial charge is 0.243 e. The van der Waals surface area contributed by atoms with Crippen LogP contribution < -0.4 is 15.4 Å². The summed E-state index contributed by atoms with van der Waals surface area (Å²) in [6, 6.07) is 6.66. The molecule has 0 radical (unpaired) electrons. The molecule has 1 aliphatic heterocycles. The maximum atomic E-state index is 12.0. The third-order valence-electron chi connectivity index (χ3n) is 4.52. The topological polar surface area (TPSA) is 67.4 Å². The summed E-state index contributed by atoms with van der Waals surface area (Å²) in [5.41, 5.74) is 3.64. The van der Waals surface area contributed by atoms with Gasteiger partial charge in [-0.1, -0.05) is 29.4 Å². The minimum atomic E-state index is -0.521. The lowest BCUT2D eigenvalue weighted by molar-refractivity contribution is -0.136. The van der Waals surface area contributed by atoms with Crippen molar-refractivity contribution >= 4 is 11.8 Å². The highest BCUT2D eigenvalue weighted by Gasteiger charge is 2.30. The molecule has 2 atom stereocenters. The summed E-state index contributed by atoms with van der Waals surface area (Å²) in [5.74, 6) is 0.500. The Hall–Kier alpha value is -2.56. The van der Waals surface area contributed by atoms with Crippen LogP contribution in [0.25, 0.3) is 0 Å². The maximum absolute atomic E-state index is 12.0. The van der Waals surface area contributed by atoms with Crippen molar-refractivity contribution in [1.82, 2.24) is 10.6 Å². The zero-order valence-electron chi connectivity index (χ0n) is 16.7. The van der Waals surface area contributed by atoms with Crippen LogP contribution in [0.15, 0.2) is 47.6 Å². The molecule has 1 aromatic carbocycles. The molecule has 1 aliphatic rings. The van der Waals surface area contributed by atoms with Crippen molar-refractivity contribution in [2.45, 2.75) is 59.0 Å². The molecular formula is C22H30N2O3. The normalized spacial score (nSPS) is 19.9. The molecule has 0 aliphatic carbocycles. The number of hydrogen-bond donors (Lipinski definition) is 2. The predicted octanol–water partition coefficient (Wildman–Crippen LogP) is 3.30. The number of allylic oxidation sites excluding steroid dienone is 3. The molecule has 1 heterocycles. The van der Waals surface area contributed by atoms with Crippen molar-refractivity contribution in [3.05, 3.63) is 53.1 Å². The van der Waals surface area contributed by atoms with E-state index < -0.39 is 12.1 Å². The van der Waals surface area contributed by atoms with Crippen molar-refractivity contribution in [3.8, 4) is 5.75 Å². The van der Waals surface area contributed by atoms with E-state index in [2.05, 4.69) is 43.6 Å². The number of carbonyl (C=O) groups is 2. The van der Waals surface area contributed by atoms with Crippen LogP contribution in [-0.4, -0.2) is 30.5 Å². The molecular weight excluding hydrogens is 340 g/mol. The van der Waals surface area contributed by atoms with Crippen molar-refractivity contribution in [1.29, 1.82) is 0 Å². The van der Waals surface area contributed by atoms with Crippen molar-refractivity contribution in [2.24, 2.45) is 0 Å². The quantitative estimate of drug-likeness (QED) is 0.690. The van der Waals surface area contributed by atoms with Gasteiger partial charge in [0, 0.05) is 6.42 Å². The lowest BCUT2D eigenvalue weighted by atomic mass is 10.0. The predicted molar refractivity (Wildman–Crippen MR) is 108 cm³/mol. The number of ether oxygens (including phenoxy) is 1. The molecule has 1 saturated heterocycles. The highest BCUT2D eigenvalue weighted by molar-refractivity contribution is 5.96. The van der Waals surface area contributed by atoms with Crippen LogP contribution in [0.4, 0.5) is 0 Å². The number of piperazine rings is 1. The minimum absolute atomic E-state index is 0.142. The molecule has 2 N–H and O–H groups in total. The summed E-state index contributed by atoms with van der Waals surface area (Å²) < 4.78 is 5.76. The van der Waals surface area contributed by atoms with E-state index in [-0.39, 0.29) is 11.8 Å². The van der Waals surface area contributed by atoms with Gasteiger partial charge in [0.25, 0.3) is 0 Å². The van der Waals surface area contributed by atoms with E-state index in [1.54, 1.807) is 6.92 Å². The second-order valence-corrected chi connectivity index (χ2v) is 7.32. The van der Waals surface area contributed by atoms with Crippen molar-refractivity contribution < 1.29 is 14.3 Å². The van der Waals surface area contributed by atoms with Crippen LogP contribution >= 0.6 is 0 Å². The minimum Gasteiger partial charge on any atom is -0.490 e. The van der Waals surface area contributed by atoms with E-state index >= 15 is 0 Å². The van der Waals surface area contributed by atoms with Crippen LogP contribution in [0.3, 0.4) is 0 Å². The molecule has 5 heteroatoms. The number of carbonyl (C=O) groups excluding carboxylic acids is 2. The molecule has 27 heavy (non-hydrogen) atoms. The maximum Gasteiger partial charge on any atom is 0.243 e. The summed E-state index contributed by atoms with van der Waals surface area (Å²) in [7, 11) is 0.